The lowest BCUT2D eigenvalue weighted by Gasteiger charge is -2.09. The SMILES string of the molecule is CCn1cc(Br)c(CNC(=O)c2cccc(COc3ccccc3Br)c2)n1. The molecular weight excluding hydrogens is 474 g/mol. The molecule has 1 N–H and O–H groups in total. The minimum atomic E-state index is -0.143. The Morgan fingerprint density at radius 3 is 2.70 bits per heavy atom. The van der Waals surface area contributed by atoms with E-state index >= 15 is 0 Å². The molecule has 0 spiro atoms. The average molecular weight is 493 g/mol. The van der Waals surface area contributed by atoms with E-state index in [0.29, 0.717) is 18.7 Å². The lowest BCUT2D eigenvalue weighted by Crippen LogP contribution is -2.23. The zero-order chi connectivity index (χ0) is 19.2. The van der Waals surface area contributed by atoms with E-state index in [0.717, 1.165) is 32.5 Å². The fraction of sp³-hybridized carbons (Fsp3) is 0.200. The highest BCUT2D eigenvalue weighted by Crippen LogP contribution is 2.24. The van der Waals surface area contributed by atoms with Crippen molar-refractivity contribution >= 4 is 37.8 Å². The first kappa shape index (κ1) is 19.6. The molecule has 3 rings (SSSR count). The fourth-order valence-corrected chi connectivity index (χ4v) is 3.37. The van der Waals surface area contributed by atoms with Crippen molar-refractivity contribution in [3.63, 3.8) is 0 Å². The van der Waals surface area contributed by atoms with Gasteiger partial charge in [0.15, 0.2) is 0 Å². The van der Waals surface area contributed by atoms with Crippen LogP contribution in [0.15, 0.2) is 63.7 Å². The smallest absolute Gasteiger partial charge is 0.251 e. The van der Waals surface area contributed by atoms with Gasteiger partial charge in [-0.15, -0.1) is 0 Å². The van der Waals surface area contributed by atoms with Gasteiger partial charge in [0.1, 0.15) is 12.4 Å². The molecule has 1 aromatic heterocycles. The van der Waals surface area contributed by atoms with E-state index in [1.54, 1.807) is 6.07 Å². The number of aryl methyl sites for hydroxylation is 1. The van der Waals surface area contributed by atoms with Crippen LogP contribution < -0.4 is 10.1 Å². The zero-order valence-electron chi connectivity index (χ0n) is 14.8. The Balaban J connectivity index is 1.61. The highest BCUT2D eigenvalue weighted by atomic mass is 79.9. The van der Waals surface area contributed by atoms with Crippen molar-refractivity contribution in [2.45, 2.75) is 26.6 Å². The molecule has 5 nitrogen and oxygen atoms in total. The van der Waals surface area contributed by atoms with Gasteiger partial charge in [-0.05, 0) is 68.6 Å². The van der Waals surface area contributed by atoms with Crippen molar-refractivity contribution < 1.29 is 9.53 Å². The Bertz CT molecular complexity index is 940. The van der Waals surface area contributed by atoms with Crippen molar-refractivity contribution in [2.75, 3.05) is 0 Å². The van der Waals surface area contributed by atoms with Crippen LogP contribution >= 0.6 is 31.9 Å². The summed E-state index contributed by atoms with van der Waals surface area (Å²) >= 11 is 6.93. The highest BCUT2D eigenvalue weighted by Gasteiger charge is 2.10. The molecule has 0 saturated carbocycles. The van der Waals surface area contributed by atoms with Crippen molar-refractivity contribution in [2.24, 2.45) is 0 Å². The predicted molar refractivity (Wildman–Crippen MR) is 112 cm³/mol. The van der Waals surface area contributed by atoms with Gasteiger partial charge < -0.3 is 10.1 Å². The Kier molecular flexibility index (Phi) is 6.68. The van der Waals surface area contributed by atoms with E-state index in [1.807, 2.05) is 60.3 Å². The van der Waals surface area contributed by atoms with E-state index in [1.165, 1.54) is 0 Å². The molecule has 0 atom stereocenters. The second kappa shape index (κ2) is 9.19. The van der Waals surface area contributed by atoms with Crippen LogP contribution in [-0.2, 0) is 19.7 Å². The number of aromatic nitrogens is 2. The van der Waals surface area contributed by atoms with Crippen molar-refractivity contribution in [3.8, 4) is 5.75 Å². The van der Waals surface area contributed by atoms with Gasteiger partial charge in [0, 0.05) is 18.3 Å². The number of rotatable bonds is 7. The van der Waals surface area contributed by atoms with Crippen LogP contribution in [0.5, 0.6) is 5.75 Å². The van der Waals surface area contributed by atoms with Gasteiger partial charge >= 0.3 is 0 Å². The minimum absolute atomic E-state index is 0.143. The van der Waals surface area contributed by atoms with Crippen LogP contribution in [0.4, 0.5) is 0 Å². The van der Waals surface area contributed by atoms with E-state index in [-0.39, 0.29) is 5.91 Å². The van der Waals surface area contributed by atoms with Crippen LogP contribution in [0.2, 0.25) is 0 Å². The van der Waals surface area contributed by atoms with Gasteiger partial charge in [-0.2, -0.15) is 5.10 Å². The normalized spacial score (nSPS) is 10.6. The maximum absolute atomic E-state index is 12.5. The molecule has 27 heavy (non-hydrogen) atoms. The molecule has 1 heterocycles. The quantitative estimate of drug-likeness (QED) is 0.508. The molecule has 0 aliphatic heterocycles. The minimum Gasteiger partial charge on any atom is -0.488 e. The van der Waals surface area contributed by atoms with Crippen LogP contribution in [0.25, 0.3) is 0 Å². The summed E-state index contributed by atoms with van der Waals surface area (Å²) in [6, 6.07) is 15.1. The average Bonchev–Trinajstić information content (AvgIpc) is 3.05. The molecule has 140 valence electrons. The lowest BCUT2D eigenvalue weighted by atomic mass is 10.1. The Morgan fingerprint density at radius 2 is 1.96 bits per heavy atom. The van der Waals surface area contributed by atoms with Gasteiger partial charge in [0.25, 0.3) is 5.91 Å². The van der Waals surface area contributed by atoms with Crippen molar-refractivity contribution in [1.29, 1.82) is 0 Å². The summed E-state index contributed by atoms with van der Waals surface area (Å²) in [5.74, 6) is 0.624. The van der Waals surface area contributed by atoms with Crippen LogP contribution in [0, 0.1) is 0 Å². The van der Waals surface area contributed by atoms with E-state index in [9.17, 15) is 4.79 Å². The van der Waals surface area contributed by atoms with E-state index in [2.05, 4.69) is 42.3 Å². The summed E-state index contributed by atoms with van der Waals surface area (Å²) in [6.07, 6.45) is 1.90. The summed E-state index contributed by atoms with van der Waals surface area (Å²) in [7, 11) is 0. The van der Waals surface area contributed by atoms with E-state index < -0.39 is 0 Å². The molecule has 2 aromatic carbocycles. The Hall–Kier alpha value is -2.12. The fourth-order valence-electron chi connectivity index (χ4n) is 2.51. The number of amides is 1. The molecule has 0 fully saturated rings. The summed E-state index contributed by atoms with van der Waals surface area (Å²) in [6.45, 7) is 3.55. The van der Waals surface area contributed by atoms with Crippen molar-refractivity contribution in [3.05, 3.63) is 80.5 Å². The number of hydrogen-bond donors (Lipinski definition) is 1. The van der Waals surface area contributed by atoms with Gasteiger partial charge in [0.05, 0.1) is 21.2 Å². The highest BCUT2D eigenvalue weighted by molar-refractivity contribution is 9.10. The number of para-hydroxylation sites is 1. The summed E-state index contributed by atoms with van der Waals surface area (Å²) in [5, 5.41) is 7.32. The third-order valence-corrected chi connectivity index (χ3v) is 5.27. The summed E-state index contributed by atoms with van der Waals surface area (Å²) < 4.78 is 9.43. The predicted octanol–water partition coefficient (Wildman–Crippen LogP) is 4.94. The van der Waals surface area contributed by atoms with Gasteiger partial charge in [-0.1, -0.05) is 24.3 Å². The number of ether oxygens (including phenoxy) is 1. The second-order valence-corrected chi connectivity index (χ2v) is 7.59. The first-order chi connectivity index (χ1) is 13.1. The number of halogens is 2. The monoisotopic (exact) mass is 491 g/mol. The first-order valence-corrected chi connectivity index (χ1v) is 10.1. The molecule has 0 aliphatic rings. The molecule has 0 saturated heterocycles. The van der Waals surface area contributed by atoms with Crippen LogP contribution in [0.3, 0.4) is 0 Å². The standard InChI is InChI=1S/C20H19Br2N3O2/c1-2-25-12-17(22)18(24-25)11-23-20(26)15-7-5-6-14(10-15)13-27-19-9-4-3-8-16(19)21/h3-10,12H,2,11,13H2,1H3,(H,23,26). The number of nitrogens with one attached hydrogen (secondary N) is 1. The first-order valence-electron chi connectivity index (χ1n) is 8.53. The Morgan fingerprint density at radius 1 is 1.15 bits per heavy atom. The topological polar surface area (TPSA) is 56.2 Å². The maximum atomic E-state index is 12.5. The van der Waals surface area contributed by atoms with Gasteiger partial charge in [-0.3, -0.25) is 9.48 Å². The van der Waals surface area contributed by atoms with E-state index in [4.69, 9.17) is 4.74 Å². The number of benzene rings is 2. The summed E-state index contributed by atoms with van der Waals surface area (Å²) in [4.78, 5) is 12.5. The van der Waals surface area contributed by atoms with Crippen molar-refractivity contribution in [1.82, 2.24) is 15.1 Å². The number of nitrogens with zero attached hydrogens (tertiary/aromatic N) is 2. The number of hydrogen-bond acceptors (Lipinski definition) is 3. The van der Waals surface area contributed by atoms with Crippen LogP contribution in [-0.4, -0.2) is 15.7 Å². The maximum Gasteiger partial charge on any atom is 0.251 e. The summed E-state index contributed by atoms with van der Waals surface area (Å²) in [5.41, 5.74) is 2.32. The molecule has 3 aromatic rings. The van der Waals surface area contributed by atoms with Gasteiger partial charge in [0.2, 0.25) is 0 Å². The molecule has 0 bridgehead atoms. The lowest BCUT2D eigenvalue weighted by molar-refractivity contribution is 0.0950. The third kappa shape index (κ3) is 5.20. The molecular formula is C20H19Br2N3O2. The largest absolute Gasteiger partial charge is 0.488 e. The Labute approximate surface area is 175 Å². The van der Waals surface area contributed by atoms with Gasteiger partial charge in [-0.25, -0.2) is 0 Å². The number of carbonyl (C=O) groups is 1. The molecule has 7 heteroatoms. The molecule has 0 radical (unpaired) electrons. The molecule has 0 aliphatic carbocycles. The zero-order valence-corrected chi connectivity index (χ0v) is 18.0. The number of carbonyl (C=O) groups excluding carboxylic acids is 1. The third-order valence-electron chi connectivity index (χ3n) is 3.95. The molecule has 0 unspecified atom stereocenters. The second-order valence-electron chi connectivity index (χ2n) is 5.88. The molecule has 1 amide bonds. The van der Waals surface area contributed by atoms with Crippen LogP contribution in [0.1, 0.15) is 28.5 Å².